The van der Waals surface area contributed by atoms with Crippen LogP contribution in [0.5, 0.6) is 0 Å². The molecule has 3 rings (SSSR count). The largest absolute Gasteiger partial charge is 0.478 e. The molecule has 2 aromatic carbocycles. The summed E-state index contributed by atoms with van der Waals surface area (Å²) in [6.07, 6.45) is 0. The van der Waals surface area contributed by atoms with E-state index in [1.165, 1.54) is 17.7 Å². The summed E-state index contributed by atoms with van der Waals surface area (Å²) < 4.78 is 0. The van der Waals surface area contributed by atoms with Crippen molar-refractivity contribution in [2.45, 2.75) is 26.2 Å². The Labute approximate surface area is 139 Å². The number of nitrogens with zero attached hydrogens (tertiary/aromatic N) is 1. The number of aromatic amines is 1. The van der Waals surface area contributed by atoms with E-state index >= 15 is 0 Å². The number of rotatable bonds is 2. The first kappa shape index (κ1) is 15.9. The number of nitrogens with one attached hydrogen (secondary N) is 1. The number of benzene rings is 2. The summed E-state index contributed by atoms with van der Waals surface area (Å²) in [6.45, 7) is 6.41. The van der Waals surface area contributed by atoms with Crippen LogP contribution in [0, 0.1) is 0 Å². The van der Waals surface area contributed by atoms with Gasteiger partial charge in [0, 0.05) is 5.56 Å². The van der Waals surface area contributed by atoms with Gasteiger partial charge < -0.3 is 10.1 Å². The molecule has 0 aliphatic rings. The fourth-order valence-electron chi connectivity index (χ4n) is 2.54. The second-order valence-electron chi connectivity index (χ2n) is 6.78. The molecule has 0 fully saturated rings. The average Bonchev–Trinajstić information content (AvgIpc) is 2.53. The van der Waals surface area contributed by atoms with Gasteiger partial charge in [-0.1, -0.05) is 45.0 Å². The predicted molar refractivity (Wildman–Crippen MR) is 93.5 cm³/mol. The summed E-state index contributed by atoms with van der Waals surface area (Å²) in [5.41, 5.74) is 2.24. The lowest BCUT2D eigenvalue weighted by atomic mass is 9.87. The molecule has 1 aromatic heterocycles. The van der Waals surface area contributed by atoms with Gasteiger partial charge in [0.25, 0.3) is 5.56 Å². The molecule has 0 saturated heterocycles. The summed E-state index contributed by atoms with van der Waals surface area (Å²) in [5, 5.41) is 9.30. The molecule has 0 radical (unpaired) electrons. The maximum Gasteiger partial charge on any atom is 0.335 e. The van der Waals surface area contributed by atoms with E-state index in [1.54, 1.807) is 6.07 Å². The second kappa shape index (κ2) is 5.60. The molecular formula is C19H18N2O3. The Kier molecular flexibility index (Phi) is 3.72. The van der Waals surface area contributed by atoms with Crippen molar-refractivity contribution in [1.29, 1.82) is 0 Å². The van der Waals surface area contributed by atoms with E-state index in [1.807, 2.05) is 24.3 Å². The number of hydrogen-bond donors (Lipinski definition) is 2. The van der Waals surface area contributed by atoms with Crippen molar-refractivity contribution in [2.75, 3.05) is 0 Å². The first-order valence-electron chi connectivity index (χ1n) is 7.64. The summed E-state index contributed by atoms with van der Waals surface area (Å²) in [7, 11) is 0. The molecule has 0 aliphatic carbocycles. The van der Waals surface area contributed by atoms with Gasteiger partial charge >= 0.3 is 5.97 Å². The summed E-state index contributed by atoms with van der Waals surface area (Å²) in [6, 6.07) is 12.2. The molecule has 0 bridgehead atoms. The number of carbonyl (C=O) groups is 1. The van der Waals surface area contributed by atoms with Gasteiger partial charge in [-0.05, 0) is 29.2 Å². The monoisotopic (exact) mass is 322 g/mol. The van der Waals surface area contributed by atoms with Crippen molar-refractivity contribution < 1.29 is 9.90 Å². The lowest BCUT2D eigenvalue weighted by Crippen LogP contribution is -2.12. The van der Waals surface area contributed by atoms with Crippen molar-refractivity contribution in [3.05, 3.63) is 63.9 Å². The second-order valence-corrected chi connectivity index (χ2v) is 6.78. The van der Waals surface area contributed by atoms with E-state index in [4.69, 9.17) is 5.11 Å². The van der Waals surface area contributed by atoms with Crippen molar-refractivity contribution in [1.82, 2.24) is 9.97 Å². The summed E-state index contributed by atoms with van der Waals surface area (Å²) >= 11 is 0. The van der Waals surface area contributed by atoms with Crippen LogP contribution in [0.4, 0.5) is 0 Å². The number of carboxylic acids is 1. The van der Waals surface area contributed by atoms with Crippen LogP contribution in [0.25, 0.3) is 22.3 Å². The van der Waals surface area contributed by atoms with Gasteiger partial charge in [0.2, 0.25) is 0 Å². The third-order valence-corrected chi connectivity index (χ3v) is 3.98. The highest BCUT2D eigenvalue weighted by molar-refractivity contribution is 5.93. The zero-order valence-corrected chi connectivity index (χ0v) is 13.8. The van der Waals surface area contributed by atoms with Gasteiger partial charge in [-0.25, -0.2) is 9.78 Å². The van der Waals surface area contributed by atoms with Crippen LogP contribution in [0.1, 0.15) is 36.7 Å². The lowest BCUT2D eigenvalue weighted by Gasteiger charge is -2.19. The van der Waals surface area contributed by atoms with E-state index in [0.29, 0.717) is 11.3 Å². The molecule has 0 saturated carbocycles. The van der Waals surface area contributed by atoms with Gasteiger partial charge in [0.1, 0.15) is 5.82 Å². The number of fused-ring (bicyclic) bond motifs is 1. The Morgan fingerprint density at radius 1 is 1.08 bits per heavy atom. The van der Waals surface area contributed by atoms with Crippen LogP contribution in [0.2, 0.25) is 0 Å². The standard InChI is InChI=1S/C19H18N2O3/c1-19(2,3)13-7-4-11(5-8-13)16-20-15-9-6-12(18(23)24)10-14(15)17(22)21-16/h4-10H,1-3H3,(H,23,24)(H,20,21,22). The number of aromatic nitrogens is 2. The zero-order chi connectivity index (χ0) is 17.5. The molecule has 24 heavy (non-hydrogen) atoms. The molecule has 1 heterocycles. The normalized spacial score (nSPS) is 11.6. The number of H-pyrrole nitrogens is 1. The summed E-state index contributed by atoms with van der Waals surface area (Å²) in [4.78, 5) is 30.5. The molecule has 0 atom stereocenters. The van der Waals surface area contributed by atoms with E-state index in [0.717, 1.165) is 5.56 Å². The highest BCUT2D eigenvalue weighted by Gasteiger charge is 2.14. The molecule has 0 aliphatic heterocycles. The Morgan fingerprint density at radius 3 is 2.33 bits per heavy atom. The quantitative estimate of drug-likeness (QED) is 0.755. The van der Waals surface area contributed by atoms with Crippen molar-refractivity contribution >= 4 is 16.9 Å². The van der Waals surface area contributed by atoms with Crippen LogP contribution in [0.15, 0.2) is 47.3 Å². The third kappa shape index (κ3) is 2.93. The lowest BCUT2D eigenvalue weighted by molar-refractivity contribution is 0.0697. The molecular weight excluding hydrogens is 304 g/mol. The molecule has 5 nitrogen and oxygen atoms in total. The van der Waals surface area contributed by atoms with Crippen LogP contribution in [-0.4, -0.2) is 21.0 Å². The highest BCUT2D eigenvalue weighted by atomic mass is 16.4. The van der Waals surface area contributed by atoms with Crippen LogP contribution in [-0.2, 0) is 5.41 Å². The van der Waals surface area contributed by atoms with Gasteiger partial charge in [0.05, 0.1) is 16.5 Å². The molecule has 2 N–H and O–H groups in total. The molecule has 5 heteroatoms. The number of carboxylic acid groups (broad SMARTS) is 1. The minimum absolute atomic E-state index is 0.0516. The molecule has 0 amide bonds. The Hall–Kier alpha value is -2.95. The minimum atomic E-state index is -1.07. The molecule has 3 aromatic rings. The molecule has 0 unspecified atom stereocenters. The maximum atomic E-state index is 12.3. The highest BCUT2D eigenvalue weighted by Crippen LogP contribution is 2.25. The van der Waals surface area contributed by atoms with E-state index in [2.05, 4.69) is 30.7 Å². The van der Waals surface area contributed by atoms with Crippen molar-refractivity contribution in [3.63, 3.8) is 0 Å². The first-order valence-corrected chi connectivity index (χ1v) is 7.64. The number of hydrogen-bond acceptors (Lipinski definition) is 3. The van der Waals surface area contributed by atoms with E-state index in [-0.39, 0.29) is 21.9 Å². The van der Waals surface area contributed by atoms with Gasteiger partial charge in [-0.3, -0.25) is 4.79 Å². The van der Waals surface area contributed by atoms with Gasteiger partial charge in [-0.15, -0.1) is 0 Å². The first-order chi connectivity index (χ1) is 11.3. The summed E-state index contributed by atoms with van der Waals surface area (Å²) in [5.74, 6) is -0.603. The average molecular weight is 322 g/mol. The van der Waals surface area contributed by atoms with Gasteiger partial charge in [-0.2, -0.15) is 0 Å². The zero-order valence-electron chi connectivity index (χ0n) is 13.8. The molecule has 122 valence electrons. The topological polar surface area (TPSA) is 83.0 Å². The Bertz CT molecular complexity index is 980. The van der Waals surface area contributed by atoms with E-state index in [9.17, 15) is 9.59 Å². The smallest absolute Gasteiger partial charge is 0.335 e. The van der Waals surface area contributed by atoms with Crippen molar-refractivity contribution in [2.24, 2.45) is 0 Å². The van der Waals surface area contributed by atoms with Crippen molar-refractivity contribution in [3.8, 4) is 11.4 Å². The van der Waals surface area contributed by atoms with Crippen LogP contribution >= 0.6 is 0 Å². The fourth-order valence-corrected chi connectivity index (χ4v) is 2.54. The predicted octanol–water partition coefficient (Wildman–Crippen LogP) is 3.59. The maximum absolute atomic E-state index is 12.3. The number of aromatic carboxylic acids is 1. The SMILES string of the molecule is CC(C)(C)c1ccc(-c2nc3ccc(C(=O)O)cc3c(=O)[nH]2)cc1. The minimum Gasteiger partial charge on any atom is -0.478 e. The fraction of sp³-hybridized carbons (Fsp3) is 0.211. The molecule has 0 spiro atoms. The van der Waals surface area contributed by atoms with Crippen LogP contribution in [0.3, 0.4) is 0 Å². The Morgan fingerprint density at radius 2 is 1.75 bits per heavy atom. The third-order valence-electron chi connectivity index (χ3n) is 3.98. The Balaban J connectivity index is 2.09. The van der Waals surface area contributed by atoms with E-state index < -0.39 is 5.97 Å². The van der Waals surface area contributed by atoms with Crippen LogP contribution < -0.4 is 5.56 Å². The van der Waals surface area contributed by atoms with Gasteiger partial charge in [0.15, 0.2) is 0 Å².